The molecule has 0 unspecified atom stereocenters. The van der Waals surface area contributed by atoms with E-state index in [-0.39, 0.29) is 22.7 Å². The molecular formula is C19H19F2N3O5S2. The number of hydrogen-bond donors (Lipinski definition) is 2. The van der Waals surface area contributed by atoms with Crippen LogP contribution in [0.25, 0.3) is 0 Å². The van der Waals surface area contributed by atoms with E-state index in [4.69, 9.17) is 5.26 Å². The van der Waals surface area contributed by atoms with Gasteiger partial charge in [0.25, 0.3) is 5.91 Å². The zero-order valence-electron chi connectivity index (χ0n) is 16.3. The maximum atomic E-state index is 12.7. The predicted molar refractivity (Wildman–Crippen MR) is 109 cm³/mol. The van der Waals surface area contributed by atoms with Gasteiger partial charge < -0.3 is 15.4 Å². The normalized spacial score (nSPS) is 12.1. The molecule has 8 nitrogen and oxygen atoms in total. The van der Waals surface area contributed by atoms with Gasteiger partial charge >= 0.3 is 6.61 Å². The van der Waals surface area contributed by atoms with Crippen molar-refractivity contribution in [3.63, 3.8) is 0 Å². The minimum absolute atomic E-state index is 0.0146. The van der Waals surface area contributed by atoms with Gasteiger partial charge in [-0.2, -0.15) is 14.0 Å². The van der Waals surface area contributed by atoms with Crippen LogP contribution in [-0.2, 0) is 20.4 Å². The van der Waals surface area contributed by atoms with E-state index >= 15 is 0 Å². The second-order valence-corrected chi connectivity index (χ2v) is 9.75. The number of halogens is 2. The number of carbonyl (C=O) groups is 2. The molecule has 31 heavy (non-hydrogen) atoms. The molecule has 166 valence electrons. The summed E-state index contributed by atoms with van der Waals surface area (Å²) in [5, 5.41) is 13.2. The van der Waals surface area contributed by atoms with Crippen LogP contribution in [-0.4, -0.2) is 45.2 Å². The van der Waals surface area contributed by atoms with E-state index < -0.39 is 45.8 Å². The van der Waals surface area contributed by atoms with E-state index in [1.165, 1.54) is 30.3 Å². The number of aryl methyl sites for hydroxylation is 1. The topological polar surface area (TPSA) is 125 Å². The van der Waals surface area contributed by atoms with Crippen LogP contribution in [0.3, 0.4) is 0 Å². The van der Waals surface area contributed by atoms with E-state index in [0.29, 0.717) is 0 Å². The highest BCUT2D eigenvalue weighted by Gasteiger charge is 2.29. The number of benzene rings is 1. The average molecular weight is 472 g/mol. The van der Waals surface area contributed by atoms with Crippen LogP contribution in [0.1, 0.15) is 20.1 Å². The summed E-state index contributed by atoms with van der Waals surface area (Å²) in [6, 6.07) is 8.82. The fourth-order valence-electron chi connectivity index (χ4n) is 2.60. The molecule has 0 bridgehead atoms. The van der Waals surface area contributed by atoms with Gasteiger partial charge in [-0.25, -0.2) is 8.42 Å². The molecule has 0 saturated heterocycles. The number of carbonyl (C=O) groups excluding carboxylic acids is 2. The maximum absolute atomic E-state index is 12.7. The van der Waals surface area contributed by atoms with Crippen molar-refractivity contribution >= 4 is 33.0 Å². The zero-order valence-corrected chi connectivity index (χ0v) is 17.9. The smallest absolute Gasteiger partial charge is 0.387 e. The summed E-state index contributed by atoms with van der Waals surface area (Å²) >= 11 is 1.16. The summed E-state index contributed by atoms with van der Waals surface area (Å²) < 4.78 is 54.9. The Morgan fingerprint density at radius 1 is 1.23 bits per heavy atom. The third-order valence-corrected chi connectivity index (χ3v) is 6.50. The summed E-state index contributed by atoms with van der Waals surface area (Å²) in [5.74, 6) is -3.30. The van der Waals surface area contributed by atoms with Crippen molar-refractivity contribution in [3.05, 3.63) is 51.7 Å². The molecule has 0 aliphatic carbocycles. The number of thiophene rings is 1. The van der Waals surface area contributed by atoms with Crippen molar-refractivity contribution in [1.82, 2.24) is 10.6 Å². The summed E-state index contributed by atoms with van der Waals surface area (Å²) in [6.07, 6.45) is 0. The Hall–Kier alpha value is -3.04. The fourth-order valence-corrected chi connectivity index (χ4v) is 4.95. The lowest BCUT2D eigenvalue weighted by Crippen LogP contribution is -2.50. The molecule has 0 aliphatic rings. The van der Waals surface area contributed by atoms with Crippen molar-refractivity contribution in [1.29, 1.82) is 5.26 Å². The molecule has 1 aromatic heterocycles. The Bertz CT molecular complexity index is 1080. The lowest BCUT2D eigenvalue weighted by molar-refractivity contribution is -0.122. The summed E-state index contributed by atoms with van der Waals surface area (Å²) in [7, 11) is -4.06. The molecule has 12 heteroatoms. The van der Waals surface area contributed by atoms with Crippen LogP contribution in [0.4, 0.5) is 8.78 Å². The van der Waals surface area contributed by atoms with Crippen molar-refractivity contribution in [2.75, 3.05) is 12.3 Å². The van der Waals surface area contributed by atoms with Crippen molar-refractivity contribution in [3.8, 4) is 11.8 Å². The Kier molecular flexibility index (Phi) is 8.47. The maximum Gasteiger partial charge on any atom is 0.387 e. The van der Waals surface area contributed by atoms with Gasteiger partial charge in [-0.15, -0.1) is 11.3 Å². The molecule has 0 aliphatic heterocycles. The van der Waals surface area contributed by atoms with Crippen molar-refractivity contribution in [2.45, 2.75) is 25.3 Å². The van der Waals surface area contributed by atoms with Gasteiger partial charge in [0, 0.05) is 10.4 Å². The monoisotopic (exact) mass is 471 g/mol. The molecule has 1 aromatic carbocycles. The van der Waals surface area contributed by atoms with Gasteiger partial charge in [0.2, 0.25) is 5.91 Å². The summed E-state index contributed by atoms with van der Waals surface area (Å²) in [6.45, 7) is -1.74. The van der Waals surface area contributed by atoms with E-state index in [1.54, 1.807) is 19.1 Å². The van der Waals surface area contributed by atoms with Crippen LogP contribution >= 0.6 is 11.3 Å². The molecule has 0 saturated carbocycles. The first-order valence-corrected chi connectivity index (χ1v) is 11.5. The standard InChI is InChI=1S/C19H19F2N3O5S2/c1-12-6-7-16(30-12)18(26)24-14(17(25)23-9-8-22)11-31(27,28)10-13-4-2-3-5-15(13)29-19(20)21/h2-7,14,19H,9-11H2,1H3,(H,23,25)(H,24,26)/t14-/m0/s1. The minimum Gasteiger partial charge on any atom is -0.435 e. The number of sulfone groups is 1. The van der Waals surface area contributed by atoms with E-state index in [0.717, 1.165) is 16.2 Å². The summed E-state index contributed by atoms with van der Waals surface area (Å²) in [4.78, 5) is 25.9. The van der Waals surface area contributed by atoms with Gasteiger partial charge in [-0.1, -0.05) is 18.2 Å². The van der Waals surface area contributed by atoms with Crippen LogP contribution in [0.5, 0.6) is 5.75 Å². The SMILES string of the molecule is Cc1ccc(C(=O)N[C@@H](CS(=O)(=O)Cc2ccccc2OC(F)F)C(=O)NCC#N)s1. The molecule has 0 spiro atoms. The number of rotatable bonds is 10. The number of alkyl halides is 2. The highest BCUT2D eigenvalue weighted by Crippen LogP contribution is 2.23. The van der Waals surface area contributed by atoms with E-state index in [9.17, 15) is 26.8 Å². The first-order valence-electron chi connectivity index (χ1n) is 8.86. The Labute approximate surface area is 181 Å². The molecular weight excluding hydrogens is 452 g/mol. The average Bonchev–Trinajstić information content (AvgIpc) is 3.13. The molecule has 1 atom stereocenters. The van der Waals surface area contributed by atoms with Crippen LogP contribution in [0, 0.1) is 18.3 Å². The van der Waals surface area contributed by atoms with Crippen LogP contribution in [0.15, 0.2) is 36.4 Å². The third-order valence-electron chi connectivity index (χ3n) is 3.91. The molecule has 1 heterocycles. The Morgan fingerprint density at radius 2 is 1.94 bits per heavy atom. The number of nitriles is 1. The van der Waals surface area contributed by atoms with Crippen molar-refractivity contribution < 1.29 is 31.5 Å². The van der Waals surface area contributed by atoms with Gasteiger partial charge in [0.1, 0.15) is 18.3 Å². The van der Waals surface area contributed by atoms with Gasteiger partial charge in [-0.3, -0.25) is 9.59 Å². The number of nitrogens with one attached hydrogen (secondary N) is 2. The Balaban J connectivity index is 2.21. The second kappa shape index (κ2) is 10.8. The first-order chi connectivity index (χ1) is 14.6. The molecule has 0 radical (unpaired) electrons. The number of nitrogens with zero attached hydrogens (tertiary/aromatic N) is 1. The molecule has 2 rings (SSSR count). The number of amides is 2. The number of para-hydroxylation sites is 1. The van der Waals surface area contributed by atoms with Gasteiger partial charge in [0.05, 0.1) is 22.5 Å². The quantitative estimate of drug-likeness (QED) is 0.511. The van der Waals surface area contributed by atoms with E-state index in [2.05, 4.69) is 15.4 Å². The minimum atomic E-state index is -4.06. The third kappa shape index (κ3) is 7.62. The zero-order chi connectivity index (χ0) is 23.0. The second-order valence-electron chi connectivity index (χ2n) is 6.35. The largest absolute Gasteiger partial charge is 0.435 e. The fraction of sp³-hybridized carbons (Fsp3) is 0.316. The highest BCUT2D eigenvalue weighted by molar-refractivity contribution is 7.90. The lowest BCUT2D eigenvalue weighted by atomic mass is 10.2. The van der Waals surface area contributed by atoms with Gasteiger partial charge in [-0.05, 0) is 25.1 Å². The Morgan fingerprint density at radius 3 is 2.55 bits per heavy atom. The first kappa shape index (κ1) is 24.2. The molecule has 0 fully saturated rings. The predicted octanol–water partition coefficient (Wildman–Crippen LogP) is 2.01. The molecule has 2 amide bonds. The van der Waals surface area contributed by atoms with E-state index in [1.807, 2.05) is 0 Å². The van der Waals surface area contributed by atoms with Gasteiger partial charge in [0.15, 0.2) is 9.84 Å². The molecule has 2 aromatic rings. The van der Waals surface area contributed by atoms with Crippen LogP contribution in [0.2, 0.25) is 0 Å². The lowest BCUT2D eigenvalue weighted by Gasteiger charge is -2.18. The van der Waals surface area contributed by atoms with Crippen molar-refractivity contribution in [2.24, 2.45) is 0 Å². The number of ether oxygens (including phenoxy) is 1. The van der Waals surface area contributed by atoms with Crippen LogP contribution < -0.4 is 15.4 Å². The number of hydrogen-bond acceptors (Lipinski definition) is 7. The summed E-state index contributed by atoms with van der Waals surface area (Å²) in [5.41, 5.74) is -0.0146. The molecule has 2 N–H and O–H groups in total. The highest BCUT2D eigenvalue weighted by atomic mass is 32.2.